The molecule has 0 unspecified atom stereocenters. The van der Waals surface area contributed by atoms with Gasteiger partial charge in [0.05, 0.1) is 0 Å². The number of benzene rings is 3. The Bertz CT molecular complexity index is 687. The van der Waals surface area contributed by atoms with E-state index in [0.717, 1.165) is 0 Å². The second-order valence-electron chi connectivity index (χ2n) is 4.10. The Morgan fingerprint density at radius 1 is 0.889 bits per heavy atom. The second kappa shape index (κ2) is 5.32. The highest BCUT2D eigenvalue weighted by Gasteiger charge is 1.98. The SMILES string of the molecule is Cc1cccc2cc3ccccc3cc12.O=CO. The lowest BCUT2D eigenvalue weighted by molar-refractivity contribution is -0.122. The summed E-state index contributed by atoms with van der Waals surface area (Å²) in [5.41, 5.74) is 1.35. The van der Waals surface area contributed by atoms with Gasteiger partial charge in [0.1, 0.15) is 0 Å². The quantitative estimate of drug-likeness (QED) is 0.474. The molecule has 0 radical (unpaired) electrons. The Morgan fingerprint density at radius 2 is 1.44 bits per heavy atom. The van der Waals surface area contributed by atoms with Crippen molar-refractivity contribution in [1.82, 2.24) is 0 Å². The third-order valence-corrected chi connectivity index (χ3v) is 2.96. The van der Waals surface area contributed by atoms with Crippen molar-refractivity contribution in [1.29, 1.82) is 0 Å². The van der Waals surface area contributed by atoms with E-state index < -0.39 is 0 Å². The number of fused-ring (bicyclic) bond motifs is 2. The van der Waals surface area contributed by atoms with Gasteiger partial charge in [0.2, 0.25) is 0 Å². The van der Waals surface area contributed by atoms with E-state index in [1.54, 1.807) is 0 Å². The van der Waals surface area contributed by atoms with Crippen LogP contribution < -0.4 is 0 Å². The van der Waals surface area contributed by atoms with Gasteiger partial charge in [-0.1, -0.05) is 42.5 Å². The molecule has 0 atom stereocenters. The Morgan fingerprint density at radius 3 is 2.11 bits per heavy atom. The van der Waals surface area contributed by atoms with Crippen molar-refractivity contribution in [3.8, 4) is 0 Å². The van der Waals surface area contributed by atoms with Crippen molar-refractivity contribution in [3.63, 3.8) is 0 Å². The summed E-state index contributed by atoms with van der Waals surface area (Å²) in [7, 11) is 0. The van der Waals surface area contributed by atoms with Gasteiger partial charge in [-0.05, 0) is 46.2 Å². The molecule has 0 aliphatic rings. The van der Waals surface area contributed by atoms with Crippen LogP contribution in [-0.2, 0) is 4.79 Å². The van der Waals surface area contributed by atoms with Gasteiger partial charge in [-0.3, -0.25) is 4.79 Å². The van der Waals surface area contributed by atoms with E-state index in [1.165, 1.54) is 27.1 Å². The maximum absolute atomic E-state index is 8.36. The van der Waals surface area contributed by atoms with E-state index in [2.05, 4.69) is 61.5 Å². The summed E-state index contributed by atoms with van der Waals surface area (Å²) in [6.07, 6.45) is 0. The molecule has 0 aliphatic heterocycles. The first-order chi connectivity index (χ1) is 8.76. The summed E-state index contributed by atoms with van der Waals surface area (Å²) in [5, 5.41) is 12.2. The number of hydrogen-bond acceptors (Lipinski definition) is 1. The average molecular weight is 238 g/mol. The molecule has 1 N–H and O–H groups in total. The van der Waals surface area contributed by atoms with Gasteiger partial charge in [-0.2, -0.15) is 0 Å². The smallest absolute Gasteiger partial charge is 0.290 e. The minimum absolute atomic E-state index is 0.250. The summed E-state index contributed by atoms with van der Waals surface area (Å²) in [4.78, 5) is 8.36. The lowest BCUT2D eigenvalue weighted by Gasteiger charge is -2.04. The van der Waals surface area contributed by atoms with E-state index in [-0.39, 0.29) is 6.47 Å². The van der Waals surface area contributed by atoms with E-state index in [1.807, 2.05) is 0 Å². The summed E-state index contributed by atoms with van der Waals surface area (Å²) in [6, 6.07) is 19.5. The maximum atomic E-state index is 8.36. The summed E-state index contributed by atoms with van der Waals surface area (Å²) in [6.45, 7) is 1.91. The molecule has 3 rings (SSSR count). The van der Waals surface area contributed by atoms with Gasteiger partial charge >= 0.3 is 0 Å². The van der Waals surface area contributed by atoms with Crippen LogP contribution in [0.15, 0.2) is 54.6 Å². The molecule has 0 fully saturated rings. The molecule has 3 aromatic carbocycles. The number of carboxylic acid groups (broad SMARTS) is 1. The van der Waals surface area contributed by atoms with E-state index >= 15 is 0 Å². The third kappa shape index (κ3) is 2.33. The molecule has 0 bridgehead atoms. The fraction of sp³-hybridized carbons (Fsp3) is 0.0625. The first kappa shape index (κ1) is 12.1. The van der Waals surface area contributed by atoms with Crippen LogP contribution in [0.1, 0.15) is 5.56 Å². The molecule has 0 spiro atoms. The Hall–Kier alpha value is -2.35. The number of hydrogen-bond donors (Lipinski definition) is 1. The second-order valence-corrected chi connectivity index (χ2v) is 4.10. The van der Waals surface area contributed by atoms with Crippen LogP contribution in [0.2, 0.25) is 0 Å². The molecule has 0 heterocycles. The van der Waals surface area contributed by atoms with Crippen molar-refractivity contribution in [2.75, 3.05) is 0 Å². The largest absolute Gasteiger partial charge is 0.483 e. The highest BCUT2D eigenvalue weighted by molar-refractivity contribution is 5.99. The third-order valence-electron chi connectivity index (χ3n) is 2.96. The molecular weight excluding hydrogens is 224 g/mol. The molecule has 2 nitrogen and oxygen atoms in total. The fourth-order valence-corrected chi connectivity index (χ4v) is 2.12. The number of rotatable bonds is 0. The van der Waals surface area contributed by atoms with Gasteiger partial charge in [0, 0.05) is 0 Å². The Balaban J connectivity index is 0.000000367. The minimum Gasteiger partial charge on any atom is -0.483 e. The molecule has 2 heteroatoms. The van der Waals surface area contributed by atoms with Gasteiger partial charge in [0.25, 0.3) is 6.47 Å². The molecule has 0 saturated carbocycles. The fourth-order valence-electron chi connectivity index (χ4n) is 2.12. The van der Waals surface area contributed by atoms with Gasteiger partial charge in [0.15, 0.2) is 0 Å². The monoisotopic (exact) mass is 238 g/mol. The molecule has 0 amide bonds. The van der Waals surface area contributed by atoms with Crippen molar-refractivity contribution in [2.45, 2.75) is 6.92 Å². The Kier molecular flexibility index (Phi) is 3.58. The van der Waals surface area contributed by atoms with Crippen LogP contribution in [0, 0.1) is 6.92 Å². The van der Waals surface area contributed by atoms with Crippen LogP contribution >= 0.6 is 0 Å². The summed E-state index contributed by atoms with van der Waals surface area (Å²) >= 11 is 0. The van der Waals surface area contributed by atoms with E-state index in [9.17, 15) is 0 Å². The Labute approximate surface area is 105 Å². The molecule has 18 heavy (non-hydrogen) atoms. The van der Waals surface area contributed by atoms with Crippen LogP contribution in [0.3, 0.4) is 0 Å². The van der Waals surface area contributed by atoms with Crippen LogP contribution in [0.5, 0.6) is 0 Å². The van der Waals surface area contributed by atoms with Crippen molar-refractivity contribution < 1.29 is 9.90 Å². The summed E-state index contributed by atoms with van der Waals surface area (Å²) < 4.78 is 0. The molecule has 3 aromatic rings. The topological polar surface area (TPSA) is 37.3 Å². The molecule has 90 valence electrons. The number of carbonyl (C=O) groups is 1. The van der Waals surface area contributed by atoms with Crippen LogP contribution in [-0.4, -0.2) is 11.6 Å². The van der Waals surface area contributed by atoms with Gasteiger partial charge in [-0.25, -0.2) is 0 Å². The van der Waals surface area contributed by atoms with Gasteiger partial charge < -0.3 is 5.11 Å². The highest BCUT2D eigenvalue weighted by atomic mass is 16.3. The van der Waals surface area contributed by atoms with Crippen LogP contribution in [0.4, 0.5) is 0 Å². The van der Waals surface area contributed by atoms with Crippen molar-refractivity contribution in [3.05, 3.63) is 60.2 Å². The maximum Gasteiger partial charge on any atom is 0.290 e. The average Bonchev–Trinajstić information content (AvgIpc) is 2.38. The lowest BCUT2D eigenvalue weighted by atomic mass is 10.0. The van der Waals surface area contributed by atoms with E-state index in [4.69, 9.17) is 9.90 Å². The lowest BCUT2D eigenvalue weighted by Crippen LogP contribution is -1.79. The number of aryl methyl sites for hydroxylation is 1. The molecular formula is C16H14O2. The van der Waals surface area contributed by atoms with E-state index in [0.29, 0.717) is 0 Å². The predicted molar refractivity (Wildman–Crippen MR) is 74.9 cm³/mol. The highest BCUT2D eigenvalue weighted by Crippen LogP contribution is 2.24. The zero-order valence-corrected chi connectivity index (χ0v) is 10.1. The van der Waals surface area contributed by atoms with Crippen molar-refractivity contribution in [2.24, 2.45) is 0 Å². The van der Waals surface area contributed by atoms with Crippen molar-refractivity contribution >= 4 is 28.0 Å². The predicted octanol–water partition coefficient (Wildman–Crippen LogP) is 4.00. The molecule has 0 aliphatic carbocycles. The van der Waals surface area contributed by atoms with Gasteiger partial charge in [-0.15, -0.1) is 0 Å². The standard InChI is InChI=1S/C15H12.CH2O2/c1-11-5-4-8-14-9-12-6-2-3-7-13(12)10-15(11)14;2-1-3/h2-10H,1H3;1H,(H,2,3). The first-order valence-corrected chi connectivity index (χ1v) is 5.72. The molecule has 0 aromatic heterocycles. The minimum atomic E-state index is -0.250. The zero-order valence-electron chi connectivity index (χ0n) is 10.1. The normalized spacial score (nSPS) is 9.83. The first-order valence-electron chi connectivity index (χ1n) is 5.72. The zero-order chi connectivity index (χ0) is 13.0. The van der Waals surface area contributed by atoms with Crippen LogP contribution in [0.25, 0.3) is 21.5 Å². The molecule has 0 saturated heterocycles. The summed E-state index contributed by atoms with van der Waals surface area (Å²) in [5.74, 6) is 0.